The highest BCUT2D eigenvalue weighted by molar-refractivity contribution is 6.29. The van der Waals surface area contributed by atoms with Gasteiger partial charge in [0.15, 0.2) is 0 Å². The number of methoxy groups -OCH3 is 1. The summed E-state index contributed by atoms with van der Waals surface area (Å²) < 4.78 is 5.73. The van der Waals surface area contributed by atoms with Gasteiger partial charge in [-0.1, -0.05) is 17.7 Å². The van der Waals surface area contributed by atoms with E-state index in [2.05, 4.69) is 9.88 Å². The summed E-state index contributed by atoms with van der Waals surface area (Å²) in [4.78, 5) is 21.7. The molecule has 24 heavy (non-hydrogen) atoms. The van der Waals surface area contributed by atoms with Crippen LogP contribution in [0.2, 0.25) is 5.15 Å². The van der Waals surface area contributed by atoms with E-state index in [1.807, 2.05) is 4.90 Å². The van der Waals surface area contributed by atoms with Crippen LogP contribution in [-0.4, -0.2) is 66.1 Å². The van der Waals surface area contributed by atoms with E-state index in [-0.39, 0.29) is 18.1 Å². The van der Waals surface area contributed by atoms with E-state index in [4.69, 9.17) is 16.3 Å². The summed E-state index contributed by atoms with van der Waals surface area (Å²) in [6.45, 7) is 3.88. The quantitative estimate of drug-likeness (QED) is 0.782. The molecular formula is C18H24ClN3O2. The minimum absolute atomic E-state index is 0.00433. The van der Waals surface area contributed by atoms with Crippen molar-refractivity contribution in [2.24, 2.45) is 11.8 Å². The first-order valence-corrected chi connectivity index (χ1v) is 9.22. The van der Waals surface area contributed by atoms with Crippen LogP contribution in [-0.2, 0) is 4.74 Å². The number of hydrogen-bond donors (Lipinski definition) is 0. The van der Waals surface area contributed by atoms with Gasteiger partial charge in [0.05, 0.1) is 12.1 Å². The Morgan fingerprint density at radius 2 is 2.17 bits per heavy atom. The largest absolute Gasteiger partial charge is 0.381 e. The van der Waals surface area contributed by atoms with Crippen molar-refractivity contribution < 1.29 is 9.53 Å². The molecule has 130 valence electrons. The fraction of sp³-hybridized carbons (Fsp3) is 0.667. The Labute approximate surface area is 147 Å². The first-order valence-electron chi connectivity index (χ1n) is 8.84. The SMILES string of the molecule is CO[C@@H]1CCN(C(=O)c2cccc(Cl)n2)[C@@H]2CN(CC3CC3)C[C@@H]21. The highest BCUT2D eigenvalue weighted by Gasteiger charge is 2.47. The molecule has 4 rings (SSSR count). The molecule has 6 heteroatoms. The topological polar surface area (TPSA) is 45.7 Å². The Morgan fingerprint density at radius 3 is 2.88 bits per heavy atom. The Morgan fingerprint density at radius 1 is 1.33 bits per heavy atom. The summed E-state index contributed by atoms with van der Waals surface area (Å²) in [6, 6.07) is 5.46. The van der Waals surface area contributed by atoms with Gasteiger partial charge in [-0.3, -0.25) is 4.79 Å². The molecule has 1 amide bonds. The molecule has 2 aliphatic heterocycles. The zero-order valence-corrected chi connectivity index (χ0v) is 14.8. The van der Waals surface area contributed by atoms with E-state index in [0.717, 1.165) is 32.0 Å². The van der Waals surface area contributed by atoms with E-state index >= 15 is 0 Å². The maximum absolute atomic E-state index is 13.0. The first kappa shape index (κ1) is 16.3. The maximum Gasteiger partial charge on any atom is 0.272 e. The second-order valence-electron chi connectivity index (χ2n) is 7.30. The third kappa shape index (κ3) is 3.17. The molecule has 3 heterocycles. The highest BCUT2D eigenvalue weighted by atomic mass is 35.5. The summed E-state index contributed by atoms with van der Waals surface area (Å²) in [5.74, 6) is 1.26. The molecule has 3 fully saturated rings. The van der Waals surface area contributed by atoms with E-state index < -0.39 is 0 Å². The van der Waals surface area contributed by atoms with E-state index in [1.54, 1.807) is 25.3 Å². The lowest BCUT2D eigenvalue weighted by molar-refractivity contribution is -0.0158. The number of halogens is 1. The van der Waals surface area contributed by atoms with Crippen LogP contribution < -0.4 is 0 Å². The minimum Gasteiger partial charge on any atom is -0.381 e. The molecule has 0 bridgehead atoms. The number of likely N-dealkylation sites (tertiary alicyclic amines) is 2. The van der Waals surface area contributed by atoms with Crippen LogP contribution in [0.1, 0.15) is 29.8 Å². The number of rotatable bonds is 4. The molecule has 1 saturated carbocycles. The number of aromatic nitrogens is 1. The minimum atomic E-state index is -0.00433. The van der Waals surface area contributed by atoms with Crippen molar-refractivity contribution in [3.05, 3.63) is 29.0 Å². The van der Waals surface area contributed by atoms with Crippen LogP contribution in [0.4, 0.5) is 0 Å². The fourth-order valence-electron chi connectivity index (χ4n) is 4.27. The number of ether oxygens (including phenoxy) is 1. The van der Waals surface area contributed by atoms with E-state index in [9.17, 15) is 4.79 Å². The second-order valence-corrected chi connectivity index (χ2v) is 7.69. The third-order valence-corrected chi connectivity index (χ3v) is 5.86. The molecule has 3 aliphatic rings. The molecule has 0 spiro atoms. The lowest BCUT2D eigenvalue weighted by atomic mass is 9.88. The van der Waals surface area contributed by atoms with Gasteiger partial charge in [-0.05, 0) is 37.3 Å². The lowest BCUT2D eigenvalue weighted by Gasteiger charge is -2.41. The molecule has 2 saturated heterocycles. The van der Waals surface area contributed by atoms with Gasteiger partial charge in [0, 0.05) is 39.2 Å². The van der Waals surface area contributed by atoms with Crippen LogP contribution in [0.3, 0.4) is 0 Å². The van der Waals surface area contributed by atoms with Crippen molar-refractivity contribution in [1.29, 1.82) is 0 Å². The van der Waals surface area contributed by atoms with Crippen LogP contribution >= 0.6 is 11.6 Å². The second kappa shape index (κ2) is 6.62. The third-order valence-electron chi connectivity index (χ3n) is 5.65. The molecule has 0 radical (unpaired) electrons. The number of fused-ring (bicyclic) bond motifs is 1. The van der Waals surface area contributed by atoms with Crippen molar-refractivity contribution in [1.82, 2.24) is 14.8 Å². The van der Waals surface area contributed by atoms with Gasteiger partial charge in [-0.25, -0.2) is 4.98 Å². The number of amides is 1. The molecule has 5 nitrogen and oxygen atoms in total. The number of carbonyl (C=O) groups excluding carboxylic acids is 1. The summed E-state index contributed by atoms with van der Waals surface area (Å²) in [5, 5.41) is 0.367. The Hall–Kier alpha value is -1.17. The molecule has 0 unspecified atom stereocenters. The predicted octanol–water partition coefficient (Wildman–Crippen LogP) is 2.31. The number of piperidine rings is 1. The molecular weight excluding hydrogens is 326 g/mol. The van der Waals surface area contributed by atoms with E-state index in [1.165, 1.54) is 19.4 Å². The van der Waals surface area contributed by atoms with Gasteiger partial charge in [-0.2, -0.15) is 0 Å². The lowest BCUT2D eigenvalue weighted by Crippen LogP contribution is -2.53. The van der Waals surface area contributed by atoms with Gasteiger partial charge in [0.2, 0.25) is 0 Å². The number of pyridine rings is 1. The number of hydrogen-bond acceptors (Lipinski definition) is 4. The standard InChI is InChI=1S/C18H24ClN3O2/c1-24-16-7-8-22(18(23)14-3-2-4-17(19)20-14)15-11-21(10-13(15)16)9-12-5-6-12/h2-4,12-13,15-16H,5-11H2,1H3/t13-,15+,16+/m0/s1. The van der Waals surface area contributed by atoms with Crippen molar-refractivity contribution in [2.75, 3.05) is 33.3 Å². The Kier molecular flexibility index (Phi) is 4.50. The summed E-state index contributed by atoms with van der Waals surface area (Å²) in [6.07, 6.45) is 3.85. The Bertz CT molecular complexity index is 622. The van der Waals surface area contributed by atoms with Crippen LogP contribution in [0, 0.1) is 11.8 Å². The van der Waals surface area contributed by atoms with E-state index in [0.29, 0.717) is 16.8 Å². The Balaban J connectivity index is 1.53. The smallest absolute Gasteiger partial charge is 0.272 e. The van der Waals surface area contributed by atoms with Gasteiger partial charge in [-0.15, -0.1) is 0 Å². The number of carbonyl (C=O) groups is 1. The summed E-state index contributed by atoms with van der Waals surface area (Å²) in [5.41, 5.74) is 0.442. The van der Waals surface area contributed by atoms with Crippen LogP contribution in [0.25, 0.3) is 0 Å². The average molecular weight is 350 g/mol. The van der Waals surface area contributed by atoms with Crippen molar-refractivity contribution in [3.8, 4) is 0 Å². The molecule has 0 aromatic carbocycles. The maximum atomic E-state index is 13.0. The molecule has 1 aromatic rings. The summed E-state index contributed by atoms with van der Waals surface area (Å²) in [7, 11) is 1.79. The highest BCUT2D eigenvalue weighted by Crippen LogP contribution is 2.36. The molecule has 1 aromatic heterocycles. The molecule has 1 aliphatic carbocycles. The average Bonchev–Trinajstić information content (AvgIpc) is 3.29. The van der Waals surface area contributed by atoms with Gasteiger partial charge >= 0.3 is 0 Å². The molecule has 3 atom stereocenters. The number of nitrogens with zero attached hydrogens (tertiary/aromatic N) is 3. The predicted molar refractivity (Wildman–Crippen MR) is 92.1 cm³/mol. The summed E-state index contributed by atoms with van der Waals surface area (Å²) >= 11 is 5.96. The zero-order chi connectivity index (χ0) is 16.7. The van der Waals surface area contributed by atoms with Gasteiger partial charge in [0.1, 0.15) is 10.8 Å². The van der Waals surface area contributed by atoms with Crippen molar-refractivity contribution >= 4 is 17.5 Å². The van der Waals surface area contributed by atoms with Crippen molar-refractivity contribution in [3.63, 3.8) is 0 Å². The van der Waals surface area contributed by atoms with Gasteiger partial charge in [0.25, 0.3) is 5.91 Å². The van der Waals surface area contributed by atoms with Gasteiger partial charge < -0.3 is 14.5 Å². The first-order chi connectivity index (χ1) is 11.7. The molecule has 0 N–H and O–H groups in total. The van der Waals surface area contributed by atoms with Crippen LogP contribution in [0.15, 0.2) is 18.2 Å². The normalized spacial score (nSPS) is 30.4. The van der Waals surface area contributed by atoms with Crippen LogP contribution in [0.5, 0.6) is 0 Å². The monoisotopic (exact) mass is 349 g/mol. The fourth-order valence-corrected chi connectivity index (χ4v) is 4.43. The zero-order valence-electron chi connectivity index (χ0n) is 14.0. The van der Waals surface area contributed by atoms with Crippen molar-refractivity contribution in [2.45, 2.75) is 31.4 Å².